The van der Waals surface area contributed by atoms with Gasteiger partial charge in [-0.1, -0.05) is 0 Å². The molecule has 1 N–H and O–H groups in total. The molecule has 0 bridgehead atoms. The van der Waals surface area contributed by atoms with Crippen LogP contribution in [-0.4, -0.2) is 53.6 Å². The fourth-order valence-corrected chi connectivity index (χ4v) is 2.86. The zero-order valence-corrected chi connectivity index (χ0v) is 11.2. The first-order valence-electron chi connectivity index (χ1n) is 6.82. The number of likely N-dealkylation sites (tertiary alicyclic amines) is 1. The van der Waals surface area contributed by atoms with Crippen molar-refractivity contribution in [1.82, 2.24) is 4.90 Å². The molecule has 5 nitrogen and oxygen atoms in total. The van der Waals surface area contributed by atoms with E-state index in [4.69, 9.17) is 14.6 Å². The molecule has 104 valence electrons. The molecule has 0 aliphatic carbocycles. The fourth-order valence-electron chi connectivity index (χ4n) is 2.86. The molecule has 0 aromatic carbocycles. The molecule has 0 aromatic heterocycles. The van der Waals surface area contributed by atoms with E-state index in [1.54, 1.807) is 0 Å². The van der Waals surface area contributed by atoms with Crippen molar-refractivity contribution >= 4 is 5.97 Å². The molecule has 18 heavy (non-hydrogen) atoms. The Morgan fingerprint density at radius 2 is 2.28 bits per heavy atom. The van der Waals surface area contributed by atoms with Crippen LogP contribution in [0.5, 0.6) is 0 Å². The summed E-state index contributed by atoms with van der Waals surface area (Å²) in [6, 6.07) is 0.836. The van der Waals surface area contributed by atoms with E-state index in [9.17, 15) is 4.79 Å². The lowest BCUT2D eigenvalue weighted by Crippen LogP contribution is -2.43. The van der Waals surface area contributed by atoms with E-state index in [1.807, 2.05) is 0 Å². The van der Waals surface area contributed by atoms with Gasteiger partial charge in [-0.3, -0.25) is 9.69 Å². The highest BCUT2D eigenvalue weighted by Gasteiger charge is 2.39. The van der Waals surface area contributed by atoms with Gasteiger partial charge in [0, 0.05) is 12.5 Å². The van der Waals surface area contributed by atoms with Gasteiger partial charge in [0.2, 0.25) is 0 Å². The molecule has 0 aromatic rings. The maximum atomic E-state index is 10.5. The molecule has 2 aliphatic heterocycles. The van der Waals surface area contributed by atoms with Crippen LogP contribution in [0.2, 0.25) is 0 Å². The van der Waals surface area contributed by atoms with E-state index in [2.05, 4.69) is 18.7 Å². The minimum atomic E-state index is -0.772. The van der Waals surface area contributed by atoms with Gasteiger partial charge in [0.1, 0.15) is 0 Å². The van der Waals surface area contributed by atoms with Crippen molar-refractivity contribution in [2.45, 2.75) is 64.0 Å². The van der Waals surface area contributed by atoms with Crippen LogP contribution in [0.25, 0.3) is 0 Å². The van der Waals surface area contributed by atoms with Crippen LogP contribution in [-0.2, 0) is 14.3 Å². The molecule has 2 fully saturated rings. The molecule has 2 aliphatic rings. The Labute approximate surface area is 108 Å². The maximum Gasteiger partial charge on any atom is 0.303 e. The topological polar surface area (TPSA) is 59.0 Å². The van der Waals surface area contributed by atoms with E-state index >= 15 is 0 Å². The summed E-state index contributed by atoms with van der Waals surface area (Å²) >= 11 is 0. The van der Waals surface area contributed by atoms with Crippen LogP contribution in [0.3, 0.4) is 0 Å². The third-order valence-electron chi connectivity index (χ3n) is 3.77. The lowest BCUT2D eigenvalue weighted by molar-refractivity contribution is -0.138. The second-order valence-electron chi connectivity index (χ2n) is 5.43. The highest BCUT2D eigenvalue weighted by molar-refractivity contribution is 5.66. The monoisotopic (exact) mass is 257 g/mol. The third kappa shape index (κ3) is 3.22. The van der Waals surface area contributed by atoms with Crippen LogP contribution in [0, 0.1) is 0 Å². The van der Waals surface area contributed by atoms with Gasteiger partial charge in [0.05, 0.1) is 18.8 Å². The number of carbonyl (C=O) groups is 1. The Morgan fingerprint density at radius 1 is 1.50 bits per heavy atom. The van der Waals surface area contributed by atoms with Gasteiger partial charge in [-0.25, -0.2) is 0 Å². The molecule has 2 saturated heterocycles. The average Bonchev–Trinajstić information content (AvgIpc) is 2.94. The smallest absolute Gasteiger partial charge is 0.303 e. The molecule has 0 saturated carbocycles. The molecule has 0 amide bonds. The van der Waals surface area contributed by atoms with Gasteiger partial charge in [-0.2, -0.15) is 0 Å². The summed E-state index contributed by atoms with van der Waals surface area (Å²) in [4.78, 5) is 13.0. The normalized spacial score (nSPS) is 33.4. The van der Waals surface area contributed by atoms with Gasteiger partial charge >= 0.3 is 5.97 Å². The predicted octanol–water partition coefficient (Wildman–Crippen LogP) is 1.47. The summed E-state index contributed by atoms with van der Waals surface area (Å²) in [7, 11) is 0. The molecule has 3 unspecified atom stereocenters. The highest BCUT2D eigenvalue weighted by atomic mass is 16.7. The number of hydrogen-bond donors (Lipinski definition) is 1. The number of aliphatic carboxylic acids is 1. The van der Waals surface area contributed by atoms with Crippen molar-refractivity contribution < 1.29 is 19.4 Å². The first-order chi connectivity index (χ1) is 8.58. The summed E-state index contributed by atoms with van der Waals surface area (Å²) < 4.78 is 11.6. The molecule has 2 heterocycles. The Morgan fingerprint density at radius 3 is 2.94 bits per heavy atom. The van der Waals surface area contributed by atoms with Crippen molar-refractivity contribution in [2.24, 2.45) is 0 Å². The molecule has 0 spiro atoms. The standard InChI is InChI=1S/C13H23NO4/c1-9(2)14-7-3-4-11(14)13-17-8-10(18-13)5-6-12(15)16/h9-11,13H,3-8H2,1-2H3,(H,15,16). The van der Waals surface area contributed by atoms with Gasteiger partial charge < -0.3 is 14.6 Å². The second kappa shape index (κ2) is 5.99. The largest absolute Gasteiger partial charge is 0.481 e. The summed E-state index contributed by atoms with van der Waals surface area (Å²) in [5.74, 6) is -0.772. The Balaban J connectivity index is 1.82. The zero-order chi connectivity index (χ0) is 13.1. The number of rotatable bonds is 5. The zero-order valence-electron chi connectivity index (χ0n) is 11.2. The Bertz CT molecular complexity index is 295. The van der Waals surface area contributed by atoms with Gasteiger partial charge in [-0.05, 0) is 39.7 Å². The van der Waals surface area contributed by atoms with E-state index in [-0.39, 0.29) is 18.8 Å². The number of nitrogens with zero attached hydrogens (tertiary/aromatic N) is 1. The first-order valence-corrected chi connectivity index (χ1v) is 6.82. The minimum absolute atomic E-state index is 0.0549. The van der Waals surface area contributed by atoms with Crippen molar-refractivity contribution in [1.29, 1.82) is 0 Å². The van der Waals surface area contributed by atoms with Crippen molar-refractivity contribution in [3.8, 4) is 0 Å². The fraction of sp³-hybridized carbons (Fsp3) is 0.923. The van der Waals surface area contributed by atoms with Gasteiger partial charge in [-0.15, -0.1) is 0 Å². The summed E-state index contributed by atoms with van der Waals surface area (Å²) in [5.41, 5.74) is 0. The van der Waals surface area contributed by atoms with Crippen molar-refractivity contribution in [2.75, 3.05) is 13.2 Å². The Kier molecular flexibility index (Phi) is 4.59. The molecule has 0 radical (unpaired) electrons. The highest BCUT2D eigenvalue weighted by Crippen LogP contribution is 2.29. The van der Waals surface area contributed by atoms with Crippen molar-refractivity contribution in [3.63, 3.8) is 0 Å². The Hall–Kier alpha value is -0.650. The van der Waals surface area contributed by atoms with Crippen LogP contribution in [0.4, 0.5) is 0 Å². The average molecular weight is 257 g/mol. The van der Waals surface area contributed by atoms with Gasteiger partial charge in [0.25, 0.3) is 0 Å². The second-order valence-corrected chi connectivity index (χ2v) is 5.43. The molecule has 3 atom stereocenters. The molecule has 5 heteroatoms. The first kappa shape index (κ1) is 13.8. The quantitative estimate of drug-likeness (QED) is 0.808. The predicted molar refractivity (Wildman–Crippen MR) is 66.3 cm³/mol. The van der Waals surface area contributed by atoms with Crippen molar-refractivity contribution in [3.05, 3.63) is 0 Å². The number of ether oxygens (including phenoxy) is 2. The minimum Gasteiger partial charge on any atom is -0.481 e. The number of carboxylic acid groups (broad SMARTS) is 1. The van der Waals surface area contributed by atoms with E-state index in [0.717, 1.165) is 13.0 Å². The SMILES string of the molecule is CC(C)N1CCCC1C1OCC(CCC(=O)O)O1. The summed E-state index contributed by atoms with van der Waals surface area (Å²) in [6.45, 7) is 6.01. The van der Waals surface area contributed by atoms with Crippen LogP contribution in [0.1, 0.15) is 39.5 Å². The van der Waals surface area contributed by atoms with E-state index in [1.165, 1.54) is 6.42 Å². The summed E-state index contributed by atoms with van der Waals surface area (Å²) in [6.07, 6.45) is 2.76. The molecular formula is C13H23NO4. The van der Waals surface area contributed by atoms with Crippen LogP contribution >= 0.6 is 0 Å². The van der Waals surface area contributed by atoms with Crippen LogP contribution in [0.15, 0.2) is 0 Å². The number of carboxylic acids is 1. The maximum absolute atomic E-state index is 10.5. The van der Waals surface area contributed by atoms with E-state index < -0.39 is 5.97 Å². The number of hydrogen-bond acceptors (Lipinski definition) is 4. The third-order valence-corrected chi connectivity index (χ3v) is 3.77. The molecular weight excluding hydrogens is 234 g/mol. The van der Waals surface area contributed by atoms with Crippen LogP contribution < -0.4 is 0 Å². The summed E-state index contributed by atoms with van der Waals surface area (Å²) in [5, 5.41) is 8.66. The lowest BCUT2D eigenvalue weighted by atomic mass is 10.2. The molecule has 2 rings (SSSR count). The van der Waals surface area contributed by atoms with Gasteiger partial charge in [0.15, 0.2) is 6.29 Å². The van der Waals surface area contributed by atoms with E-state index in [0.29, 0.717) is 25.1 Å². The lowest BCUT2D eigenvalue weighted by Gasteiger charge is -2.31.